The van der Waals surface area contributed by atoms with Gasteiger partial charge in [0.1, 0.15) is 22.6 Å². The molecule has 0 amide bonds. The van der Waals surface area contributed by atoms with Crippen molar-refractivity contribution in [2.75, 3.05) is 13.7 Å². The maximum absolute atomic E-state index is 12.7. The minimum absolute atomic E-state index is 0.0633. The third-order valence-corrected chi connectivity index (χ3v) is 3.98. The first-order chi connectivity index (χ1) is 12.5. The highest BCUT2D eigenvalue weighted by Gasteiger charge is 2.18. The largest absolute Gasteiger partial charge is 0.506 e. The molecule has 26 heavy (non-hydrogen) atoms. The maximum atomic E-state index is 12.7. The number of methoxy groups -OCH3 is 1. The fraction of sp³-hybridized carbons (Fsp3) is 0.211. The number of hydrogen-bond donors (Lipinski definition) is 1. The van der Waals surface area contributed by atoms with Gasteiger partial charge in [-0.2, -0.15) is 0 Å². The number of esters is 1. The average Bonchev–Trinajstić information content (AvgIpc) is 2.65. The van der Waals surface area contributed by atoms with E-state index in [2.05, 4.69) is 4.98 Å². The first-order valence-corrected chi connectivity index (χ1v) is 8.06. The zero-order valence-electron chi connectivity index (χ0n) is 14.4. The van der Waals surface area contributed by atoms with Crippen molar-refractivity contribution in [1.82, 2.24) is 9.55 Å². The van der Waals surface area contributed by atoms with Crippen LogP contribution in [0.15, 0.2) is 47.5 Å². The number of aromatic hydroxyl groups is 1. The van der Waals surface area contributed by atoms with Crippen LogP contribution < -0.4 is 10.3 Å². The van der Waals surface area contributed by atoms with Crippen molar-refractivity contribution in [3.05, 3.63) is 64.2 Å². The molecule has 0 bridgehead atoms. The minimum Gasteiger partial charge on any atom is -0.506 e. The van der Waals surface area contributed by atoms with Crippen LogP contribution in [0, 0.1) is 0 Å². The highest BCUT2D eigenvalue weighted by atomic mass is 16.5. The van der Waals surface area contributed by atoms with Gasteiger partial charge in [0, 0.05) is 12.4 Å². The Bertz CT molecular complexity index is 1010. The summed E-state index contributed by atoms with van der Waals surface area (Å²) in [7, 11) is 1.59. The lowest BCUT2D eigenvalue weighted by molar-refractivity contribution is 0.0523. The van der Waals surface area contributed by atoms with Crippen molar-refractivity contribution in [3.63, 3.8) is 0 Å². The van der Waals surface area contributed by atoms with Crippen LogP contribution in [0.4, 0.5) is 0 Å². The summed E-state index contributed by atoms with van der Waals surface area (Å²) in [6, 6.07) is 8.92. The average molecular weight is 354 g/mol. The van der Waals surface area contributed by atoms with Crippen molar-refractivity contribution in [1.29, 1.82) is 0 Å². The topological polar surface area (TPSA) is 90.7 Å². The van der Waals surface area contributed by atoms with Crippen LogP contribution in [0.2, 0.25) is 0 Å². The molecule has 0 radical (unpaired) electrons. The third-order valence-electron chi connectivity index (χ3n) is 3.98. The third kappa shape index (κ3) is 3.23. The predicted octanol–water partition coefficient (Wildman–Crippen LogP) is 2.34. The van der Waals surface area contributed by atoms with Crippen molar-refractivity contribution in [2.45, 2.75) is 13.5 Å². The SMILES string of the molecule is CCOC(=O)c1cnc2c(=O)n(Cc3ccc(OC)cc3)ccc2c1O. The molecule has 0 aliphatic rings. The lowest BCUT2D eigenvalue weighted by atomic mass is 10.1. The Morgan fingerprint density at radius 3 is 2.62 bits per heavy atom. The molecule has 0 aliphatic heterocycles. The molecule has 134 valence electrons. The molecule has 7 nitrogen and oxygen atoms in total. The number of pyridine rings is 2. The summed E-state index contributed by atoms with van der Waals surface area (Å²) >= 11 is 0. The quantitative estimate of drug-likeness (QED) is 0.707. The van der Waals surface area contributed by atoms with Gasteiger partial charge in [-0.05, 0) is 30.7 Å². The number of nitrogens with zero attached hydrogens (tertiary/aromatic N) is 2. The van der Waals surface area contributed by atoms with Gasteiger partial charge in [-0.25, -0.2) is 9.78 Å². The van der Waals surface area contributed by atoms with E-state index in [-0.39, 0.29) is 34.4 Å². The summed E-state index contributed by atoms with van der Waals surface area (Å²) in [4.78, 5) is 28.6. The second kappa shape index (κ2) is 7.26. The van der Waals surface area contributed by atoms with Gasteiger partial charge in [-0.15, -0.1) is 0 Å². The number of rotatable bonds is 5. The molecule has 3 rings (SSSR count). The van der Waals surface area contributed by atoms with Crippen molar-refractivity contribution in [2.24, 2.45) is 0 Å². The zero-order valence-corrected chi connectivity index (χ0v) is 14.4. The highest BCUT2D eigenvalue weighted by Crippen LogP contribution is 2.26. The van der Waals surface area contributed by atoms with Gasteiger partial charge in [-0.1, -0.05) is 12.1 Å². The van der Waals surface area contributed by atoms with Crippen LogP contribution >= 0.6 is 0 Å². The van der Waals surface area contributed by atoms with E-state index in [9.17, 15) is 14.7 Å². The summed E-state index contributed by atoms with van der Waals surface area (Å²) in [5, 5.41) is 10.5. The minimum atomic E-state index is -0.679. The fourth-order valence-electron chi connectivity index (χ4n) is 2.62. The zero-order chi connectivity index (χ0) is 18.7. The van der Waals surface area contributed by atoms with Gasteiger partial charge in [0.15, 0.2) is 0 Å². The predicted molar refractivity (Wildman–Crippen MR) is 95.7 cm³/mol. The van der Waals surface area contributed by atoms with Crippen molar-refractivity contribution < 1.29 is 19.4 Å². The van der Waals surface area contributed by atoms with Gasteiger partial charge >= 0.3 is 5.97 Å². The summed E-state index contributed by atoms with van der Waals surface area (Å²) in [5.74, 6) is -0.248. The van der Waals surface area contributed by atoms with Crippen LogP contribution in [0.3, 0.4) is 0 Å². The molecule has 7 heteroatoms. The molecule has 0 atom stereocenters. The molecular formula is C19H18N2O5. The van der Waals surface area contributed by atoms with E-state index >= 15 is 0 Å². The van der Waals surface area contributed by atoms with E-state index in [0.717, 1.165) is 17.5 Å². The number of benzene rings is 1. The van der Waals surface area contributed by atoms with Gasteiger partial charge in [0.2, 0.25) is 0 Å². The van der Waals surface area contributed by atoms with Crippen LogP contribution in [-0.4, -0.2) is 34.3 Å². The van der Waals surface area contributed by atoms with Crippen LogP contribution in [-0.2, 0) is 11.3 Å². The first kappa shape index (κ1) is 17.5. The molecule has 0 unspecified atom stereocenters. The maximum Gasteiger partial charge on any atom is 0.343 e. The molecule has 1 N–H and O–H groups in total. The lowest BCUT2D eigenvalue weighted by Gasteiger charge is -2.10. The fourth-order valence-corrected chi connectivity index (χ4v) is 2.62. The molecule has 0 spiro atoms. The summed E-state index contributed by atoms with van der Waals surface area (Å²) in [5.41, 5.74) is 0.585. The molecule has 3 aromatic rings. The standard InChI is InChI=1S/C19H18N2O5/c1-3-26-19(24)15-10-20-16-14(17(15)22)8-9-21(18(16)23)11-12-4-6-13(25-2)7-5-12/h4-10H,3,11H2,1-2H3,(H,20,22). The van der Waals surface area contributed by atoms with Crippen LogP contribution in [0.5, 0.6) is 11.5 Å². The number of ether oxygens (including phenoxy) is 2. The Morgan fingerprint density at radius 2 is 1.96 bits per heavy atom. The summed E-state index contributed by atoms with van der Waals surface area (Å²) < 4.78 is 11.5. The van der Waals surface area contributed by atoms with E-state index in [1.165, 1.54) is 4.57 Å². The Kier molecular flexibility index (Phi) is 4.88. The van der Waals surface area contributed by atoms with Crippen LogP contribution in [0.1, 0.15) is 22.8 Å². The molecule has 0 fully saturated rings. The Balaban J connectivity index is 1.99. The summed E-state index contributed by atoms with van der Waals surface area (Å²) in [6.45, 7) is 2.20. The molecule has 2 aromatic heterocycles. The van der Waals surface area contributed by atoms with Crippen molar-refractivity contribution in [3.8, 4) is 11.5 Å². The number of fused-ring (bicyclic) bond motifs is 1. The lowest BCUT2D eigenvalue weighted by Crippen LogP contribution is -2.21. The van der Waals surface area contributed by atoms with Crippen molar-refractivity contribution >= 4 is 16.9 Å². The first-order valence-electron chi connectivity index (χ1n) is 8.06. The Morgan fingerprint density at radius 1 is 1.23 bits per heavy atom. The van der Waals surface area contributed by atoms with Gasteiger partial charge < -0.3 is 19.1 Å². The molecule has 0 aliphatic carbocycles. The molecule has 0 saturated heterocycles. The Hall–Kier alpha value is -3.35. The van der Waals surface area contributed by atoms with Gasteiger partial charge in [0.25, 0.3) is 5.56 Å². The second-order valence-corrected chi connectivity index (χ2v) is 5.60. The molecule has 0 saturated carbocycles. The normalized spacial score (nSPS) is 10.7. The van der Waals surface area contributed by atoms with E-state index in [0.29, 0.717) is 6.54 Å². The highest BCUT2D eigenvalue weighted by molar-refractivity contribution is 5.99. The van der Waals surface area contributed by atoms with Gasteiger partial charge in [-0.3, -0.25) is 4.79 Å². The number of carbonyl (C=O) groups excluding carboxylic acids is 1. The van der Waals surface area contributed by atoms with Crippen LogP contribution in [0.25, 0.3) is 10.9 Å². The van der Waals surface area contributed by atoms with Gasteiger partial charge in [0.05, 0.1) is 25.6 Å². The van der Waals surface area contributed by atoms with E-state index in [1.54, 1.807) is 26.3 Å². The van der Waals surface area contributed by atoms with E-state index in [1.807, 2.05) is 24.3 Å². The van der Waals surface area contributed by atoms with E-state index in [4.69, 9.17) is 9.47 Å². The monoisotopic (exact) mass is 354 g/mol. The molecule has 1 aromatic carbocycles. The smallest absolute Gasteiger partial charge is 0.343 e. The number of aromatic nitrogens is 2. The number of hydrogen-bond acceptors (Lipinski definition) is 6. The Labute approximate surface area is 149 Å². The van der Waals surface area contributed by atoms with E-state index < -0.39 is 5.97 Å². The summed E-state index contributed by atoms with van der Waals surface area (Å²) in [6.07, 6.45) is 2.72. The second-order valence-electron chi connectivity index (χ2n) is 5.60. The number of carbonyl (C=O) groups is 1. The molecular weight excluding hydrogens is 336 g/mol. The molecule has 2 heterocycles.